The van der Waals surface area contributed by atoms with Crippen molar-refractivity contribution in [1.29, 1.82) is 0 Å². The third kappa shape index (κ3) is 6.32. The van der Waals surface area contributed by atoms with Crippen LogP contribution in [0.1, 0.15) is 46.0 Å². The van der Waals surface area contributed by atoms with Crippen molar-refractivity contribution in [3.8, 4) is 0 Å². The summed E-state index contributed by atoms with van der Waals surface area (Å²) in [5.41, 5.74) is 0. The van der Waals surface area contributed by atoms with Gasteiger partial charge in [-0.3, -0.25) is 0 Å². The van der Waals surface area contributed by atoms with Crippen molar-refractivity contribution in [3.63, 3.8) is 0 Å². The molecule has 2 heteroatoms. The molecule has 0 heterocycles. The fourth-order valence-corrected chi connectivity index (χ4v) is 0.997. The van der Waals surface area contributed by atoms with E-state index in [0.29, 0.717) is 0 Å². The zero-order valence-electron chi connectivity index (χ0n) is 7.58. The maximum absolute atomic E-state index is 9.16. The summed E-state index contributed by atoms with van der Waals surface area (Å²) in [4.78, 5) is 0. The maximum Gasteiger partial charge on any atom is 0.0537 e. The Labute approximate surface area is 69.2 Å². The van der Waals surface area contributed by atoms with Crippen LogP contribution in [0.5, 0.6) is 0 Å². The lowest BCUT2D eigenvalue weighted by molar-refractivity contribution is 0.130. The van der Waals surface area contributed by atoms with Gasteiger partial charge in [0.15, 0.2) is 0 Å². The molecule has 2 atom stereocenters. The molecular formula is C9H20O2. The summed E-state index contributed by atoms with van der Waals surface area (Å²) in [7, 11) is 0. The highest BCUT2D eigenvalue weighted by atomic mass is 16.3. The molecule has 0 fully saturated rings. The van der Waals surface area contributed by atoms with E-state index in [4.69, 9.17) is 10.2 Å². The first kappa shape index (κ1) is 10.9. The minimum Gasteiger partial charge on any atom is -0.393 e. The molecule has 0 aliphatic heterocycles. The van der Waals surface area contributed by atoms with Crippen LogP contribution in [0.4, 0.5) is 0 Å². The molecule has 2 nitrogen and oxygen atoms in total. The molecule has 0 aromatic carbocycles. The van der Waals surface area contributed by atoms with Crippen molar-refractivity contribution in [2.75, 3.05) is 0 Å². The summed E-state index contributed by atoms with van der Waals surface area (Å²) in [5, 5.41) is 18.3. The van der Waals surface area contributed by atoms with Gasteiger partial charge >= 0.3 is 0 Å². The number of hydrogen-bond acceptors (Lipinski definition) is 2. The molecule has 0 bridgehead atoms. The molecule has 0 unspecified atom stereocenters. The first-order valence-electron chi connectivity index (χ1n) is 4.56. The second kappa shape index (κ2) is 6.62. The summed E-state index contributed by atoms with van der Waals surface area (Å²) < 4.78 is 0. The minimum absolute atomic E-state index is 0.168. The molecule has 11 heavy (non-hydrogen) atoms. The standard InChI is InChI=1S/C9H20O2/c1-3-8(10)6-5-7-9(11)4-2/h8-11H,3-7H2,1-2H3/t8-,9-/m0/s1. The Morgan fingerprint density at radius 1 is 0.909 bits per heavy atom. The van der Waals surface area contributed by atoms with Crippen LogP contribution in [-0.2, 0) is 0 Å². The highest BCUT2D eigenvalue weighted by Crippen LogP contribution is 2.07. The van der Waals surface area contributed by atoms with Gasteiger partial charge in [0.2, 0.25) is 0 Å². The summed E-state index contributed by atoms with van der Waals surface area (Å²) in [5.74, 6) is 0. The van der Waals surface area contributed by atoms with E-state index in [1.807, 2.05) is 13.8 Å². The van der Waals surface area contributed by atoms with Gasteiger partial charge in [0.1, 0.15) is 0 Å². The summed E-state index contributed by atoms with van der Waals surface area (Å²) >= 11 is 0. The Morgan fingerprint density at radius 2 is 1.27 bits per heavy atom. The Hall–Kier alpha value is -0.0800. The zero-order valence-corrected chi connectivity index (χ0v) is 7.58. The molecule has 0 saturated heterocycles. The third-order valence-electron chi connectivity index (χ3n) is 2.02. The Morgan fingerprint density at radius 3 is 1.55 bits per heavy atom. The average molecular weight is 160 g/mol. The van der Waals surface area contributed by atoms with Crippen molar-refractivity contribution in [1.82, 2.24) is 0 Å². The zero-order chi connectivity index (χ0) is 8.69. The van der Waals surface area contributed by atoms with E-state index < -0.39 is 0 Å². The van der Waals surface area contributed by atoms with Crippen LogP contribution < -0.4 is 0 Å². The van der Waals surface area contributed by atoms with E-state index in [9.17, 15) is 0 Å². The third-order valence-corrected chi connectivity index (χ3v) is 2.02. The molecule has 68 valence electrons. The predicted molar refractivity (Wildman–Crippen MR) is 46.4 cm³/mol. The lowest BCUT2D eigenvalue weighted by atomic mass is 10.1. The normalized spacial score (nSPS) is 16.4. The Balaban J connectivity index is 3.13. The molecule has 0 rings (SSSR count). The van der Waals surface area contributed by atoms with Crippen molar-refractivity contribution < 1.29 is 10.2 Å². The molecule has 0 spiro atoms. The van der Waals surface area contributed by atoms with Crippen LogP contribution in [0.25, 0.3) is 0 Å². The quantitative estimate of drug-likeness (QED) is 0.621. The lowest BCUT2D eigenvalue weighted by Gasteiger charge is -2.09. The second-order valence-corrected chi connectivity index (χ2v) is 3.06. The van der Waals surface area contributed by atoms with Gasteiger partial charge in [-0.05, 0) is 32.1 Å². The molecule has 0 saturated carbocycles. The van der Waals surface area contributed by atoms with E-state index in [0.717, 1.165) is 32.1 Å². The van der Waals surface area contributed by atoms with Crippen LogP contribution in [-0.4, -0.2) is 22.4 Å². The van der Waals surface area contributed by atoms with Crippen LogP contribution >= 0.6 is 0 Å². The molecular weight excluding hydrogens is 140 g/mol. The van der Waals surface area contributed by atoms with Gasteiger partial charge in [-0.1, -0.05) is 13.8 Å². The van der Waals surface area contributed by atoms with Gasteiger partial charge in [0.05, 0.1) is 12.2 Å². The van der Waals surface area contributed by atoms with Gasteiger partial charge in [-0.2, -0.15) is 0 Å². The summed E-state index contributed by atoms with van der Waals surface area (Å²) in [6.45, 7) is 3.95. The summed E-state index contributed by atoms with van der Waals surface area (Å²) in [6.07, 6.45) is 3.90. The molecule has 0 aliphatic carbocycles. The predicted octanol–water partition coefficient (Wildman–Crippen LogP) is 1.70. The smallest absolute Gasteiger partial charge is 0.0537 e. The summed E-state index contributed by atoms with van der Waals surface area (Å²) in [6, 6.07) is 0. The van der Waals surface area contributed by atoms with Crippen molar-refractivity contribution in [2.45, 2.75) is 58.2 Å². The first-order chi connectivity index (χ1) is 5.20. The topological polar surface area (TPSA) is 40.5 Å². The largest absolute Gasteiger partial charge is 0.393 e. The molecule has 0 aromatic heterocycles. The van der Waals surface area contributed by atoms with Crippen LogP contribution in [0, 0.1) is 0 Å². The minimum atomic E-state index is -0.168. The molecule has 0 aliphatic rings. The van der Waals surface area contributed by atoms with E-state index >= 15 is 0 Å². The highest BCUT2D eigenvalue weighted by molar-refractivity contribution is 4.57. The number of aliphatic hydroxyl groups is 2. The van der Waals surface area contributed by atoms with E-state index in [2.05, 4.69) is 0 Å². The Kier molecular flexibility index (Phi) is 6.57. The fourth-order valence-electron chi connectivity index (χ4n) is 0.997. The van der Waals surface area contributed by atoms with Gasteiger partial charge in [0.25, 0.3) is 0 Å². The fraction of sp³-hybridized carbons (Fsp3) is 1.00. The van der Waals surface area contributed by atoms with Gasteiger partial charge in [-0.25, -0.2) is 0 Å². The van der Waals surface area contributed by atoms with E-state index in [1.54, 1.807) is 0 Å². The molecule has 0 radical (unpaired) electrons. The van der Waals surface area contributed by atoms with Crippen LogP contribution in [0.3, 0.4) is 0 Å². The van der Waals surface area contributed by atoms with Crippen molar-refractivity contribution in [3.05, 3.63) is 0 Å². The monoisotopic (exact) mass is 160 g/mol. The lowest BCUT2D eigenvalue weighted by Crippen LogP contribution is -2.08. The van der Waals surface area contributed by atoms with Gasteiger partial charge in [0, 0.05) is 0 Å². The maximum atomic E-state index is 9.16. The van der Waals surface area contributed by atoms with Gasteiger partial charge in [-0.15, -0.1) is 0 Å². The second-order valence-electron chi connectivity index (χ2n) is 3.06. The van der Waals surface area contributed by atoms with Crippen molar-refractivity contribution in [2.24, 2.45) is 0 Å². The first-order valence-corrected chi connectivity index (χ1v) is 4.56. The van der Waals surface area contributed by atoms with Crippen molar-refractivity contribution >= 4 is 0 Å². The van der Waals surface area contributed by atoms with E-state index in [-0.39, 0.29) is 12.2 Å². The Bertz CT molecular complexity index is 73.6. The highest BCUT2D eigenvalue weighted by Gasteiger charge is 2.03. The number of rotatable bonds is 6. The SMILES string of the molecule is CC[C@H](O)CCC[C@@H](O)CC. The average Bonchev–Trinajstić information content (AvgIpc) is 2.04. The number of hydrogen-bond donors (Lipinski definition) is 2. The van der Waals surface area contributed by atoms with E-state index in [1.165, 1.54) is 0 Å². The molecule has 2 N–H and O–H groups in total. The van der Waals surface area contributed by atoms with Crippen LogP contribution in [0.15, 0.2) is 0 Å². The molecule has 0 aromatic rings. The van der Waals surface area contributed by atoms with Crippen LogP contribution in [0.2, 0.25) is 0 Å². The van der Waals surface area contributed by atoms with Gasteiger partial charge < -0.3 is 10.2 Å². The molecule has 0 amide bonds. The number of aliphatic hydroxyl groups excluding tert-OH is 2.